The van der Waals surface area contributed by atoms with Gasteiger partial charge in [0, 0.05) is 23.2 Å². The summed E-state index contributed by atoms with van der Waals surface area (Å²) in [6.07, 6.45) is 3.16. The topological polar surface area (TPSA) is 131 Å². The van der Waals surface area contributed by atoms with Crippen LogP contribution in [0.4, 0.5) is 10.3 Å². The number of H-pyrrole nitrogens is 2. The van der Waals surface area contributed by atoms with Crippen LogP contribution in [0.5, 0.6) is 17.5 Å². The molecule has 0 spiro atoms. The molecule has 3 aromatic heterocycles. The molecule has 30 heavy (non-hydrogen) atoms. The number of nitrogens with one attached hydrogen (secondary N) is 3. The summed E-state index contributed by atoms with van der Waals surface area (Å²) in [4.78, 5) is 14.1. The molecule has 158 valence electrons. The Hall–Kier alpha value is -3.54. The molecule has 4 rings (SSSR count). The third-order valence-corrected chi connectivity index (χ3v) is 5.74. The van der Waals surface area contributed by atoms with Gasteiger partial charge in [0.2, 0.25) is 11.7 Å². The summed E-state index contributed by atoms with van der Waals surface area (Å²) in [6, 6.07) is 5.42. The number of halogens is 1. The van der Waals surface area contributed by atoms with Crippen molar-refractivity contribution >= 4 is 37.8 Å². The van der Waals surface area contributed by atoms with E-state index in [1.165, 1.54) is 20.4 Å². The van der Waals surface area contributed by atoms with E-state index in [1.807, 2.05) is 12.1 Å². The van der Waals surface area contributed by atoms with Crippen LogP contribution in [0.25, 0.3) is 21.8 Å². The number of hydrogen-bond acceptors (Lipinski definition) is 7. The molecule has 1 aromatic carbocycles. The van der Waals surface area contributed by atoms with Crippen LogP contribution in [0, 0.1) is 0 Å². The van der Waals surface area contributed by atoms with Crippen LogP contribution in [-0.2, 0) is 10.0 Å². The second-order valence-electron chi connectivity index (χ2n) is 6.12. The minimum atomic E-state index is -4.06. The molecule has 10 nitrogen and oxygen atoms in total. The van der Waals surface area contributed by atoms with Crippen LogP contribution in [0.2, 0.25) is 0 Å². The van der Waals surface area contributed by atoms with Gasteiger partial charge < -0.3 is 24.2 Å². The number of aromatic nitrogens is 4. The number of nitrogens with zero attached hydrogens (tertiary/aromatic N) is 2. The lowest BCUT2D eigenvalue weighted by Crippen LogP contribution is -2.16. The number of hydrogen-bond donors (Lipinski definition) is 3. The van der Waals surface area contributed by atoms with Gasteiger partial charge in [-0.3, -0.25) is 0 Å². The molecule has 0 saturated heterocycles. The Morgan fingerprint density at radius 3 is 2.47 bits per heavy atom. The van der Waals surface area contributed by atoms with Crippen molar-refractivity contribution in [2.24, 2.45) is 0 Å². The first-order valence-electron chi connectivity index (χ1n) is 8.77. The first-order valence-corrected chi connectivity index (χ1v) is 10.3. The smallest absolute Gasteiger partial charge is 0.266 e. The Kier molecular flexibility index (Phi) is 5.08. The summed E-state index contributed by atoms with van der Waals surface area (Å²) < 4.78 is 56.3. The zero-order valence-electron chi connectivity index (χ0n) is 16.0. The Balaban J connectivity index is 1.74. The summed E-state index contributed by atoms with van der Waals surface area (Å²) in [7, 11) is -1.44. The molecule has 0 aliphatic heterocycles. The number of rotatable bonds is 8. The Morgan fingerprint density at radius 1 is 1.07 bits per heavy atom. The molecule has 3 heterocycles. The molecule has 0 saturated carbocycles. The van der Waals surface area contributed by atoms with Crippen LogP contribution in [0.3, 0.4) is 0 Å². The second-order valence-corrected chi connectivity index (χ2v) is 7.77. The average Bonchev–Trinajstić information content (AvgIpc) is 3.38. The fraction of sp³-hybridized carbons (Fsp3) is 0.222. The largest absolute Gasteiger partial charge is 0.481 e. The molecule has 0 aliphatic carbocycles. The maximum atomic E-state index is 13.0. The van der Waals surface area contributed by atoms with E-state index in [2.05, 4.69) is 24.7 Å². The van der Waals surface area contributed by atoms with E-state index in [0.717, 1.165) is 10.9 Å². The van der Waals surface area contributed by atoms with E-state index in [0.29, 0.717) is 10.9 Å². The van der Waals surface area contributed by atoms with E-state index < -0.39 is 16.7 Å². The van der Waals surface area contributed by atoms with E-state index in [1.54, 1.807) is 12.3 Å². The van der Waals surface area contributed by atoms with E-state index in [4.69, 9.17) is 14.2 Å². The maximum absolute atomic E-state index is 13.0. The van der Waals surface area contributed by atoms with Crippen molar-refractivity contribution in [3.05, 3.63) is 30.6 Å². The number of benzene rings is 1. The molecule has 0 fully saturated rings. The SMILES string of the molecule is COc1nc(NS(=O)(=O)c2c[nH]c3c2ccc2cc[nH]c23)nc(OC)c1OCCF. The molecule has 0 radical (unpaired) electrons. The van der Waals surface area contributed by atoms with Crippen LogP contribution in [0.1, 0.15) is 0 Å². The number of aromatic amines is 2. The molecule has 0 unspecified atom stereocenters. The fourth-order valence-electron chi connectivity index (χ4n) is 3.09. The predicted molar refractivity (Wildman–Crippen MR) is 108 cm³/mol. The zero-order chi connectivity index (χ0) is 21.3. The molecular formula is C18H18FN5O5S. The minimum absolute atomic E-state index is 0.0216. The van der Waals surface area contributed by atoms with Crippen molar-refractivity contribution in [3.63, 3.8) is 0 Å². The van der Waals surface area contributed by atoms with Gasteiger partial charge >= 0.3 is 0 Å². The summed E-state index contributed by atoms with van der Waals surface area (Å²) >= 11 is 0. The van der Waals surface area contributed by atoms with Gasteiger partial charge in [-0.05, 0) is 6.07 Å². The summed E-state index contributed by atoms with van der Waals surface area (Å²) in [6.45, 7) is -1.00. The van der Waals surface area contributed by atoms with Crippen LogP contribution < -0.4 is 18.9 Å². The van der Waals surface area contributed by atoms with Crippen molar-refractivity contribution in [1.29, 1.82) is 0 Å². The van der Waals surface area contributed by atoms with E-state index in [9.17, 15) is 12.8 Å². The van der Waals surface area contributed by atoms with Gasteiger partial charge in [-0.2, -0.15) is 9.97 Å². The van der Waals surface area contributed by atoms with Gasteiger partial charge in [-0.15, -0.1) is 0 Å². The highest BCUT2D eigenvalue weighted by molar-refractivity contribution is 7.93. The monoisotopic (exact) mass is 435 g/mol. The minimum Gasteiger partial charge on any atom is -0.481 e. The van der Waals surface area contributed by atoms with Gasteiger partial charge in [-0.25, -0.2) is 17.5 Å². The third kappa shape index (κ3) is 3.34. The molecule has 4 aromatic rings. The number of fused-ring (bicyclic) bond motifs is 3. The summed E-state index contributed by atoms with van der Waals surface area (Å²) in [5.41, 5.74) is 1.45. The Morgan fingerprint density at radius 2 is 1.80 bits per heavy atom. The van der Waals surface area contributed by atoms with Gasteiger partial charge in [-0.1, -0.05) is 12.1 Å². The molecular weight excluding hydrogens is 417 g/mol. The number of sulfonamides is 1. The third-order valence-electron chi connectivity index (χ3n) is 4.37. The second kappa shape index (κ2) is 7.71. The van der Waals surface area contributed by atoms with Crippen molar-refractivity contribution in [3.8, 4) is 17.5 Å². The maximum Gasteiger partial charge on any atom is 0.266 e. The molecule has 0 aliphatic rings. The van der Waals surface area contributed by atoms with Gasteiger partial charge in [0.25, 0.3) is 21.8 Å². The van der Waals surface area contributed by atoms with E-state index in [-0.39, 0.29) is 35.0 Å². The fourth-order valence-corrected chi connectivity index (χ4v) is 4.21. The van der Waals surface area contributed by atoms with Gasteiger partial charge in [0.1, 0.15) is 18.2 Å². The Bertz CT molecular complexity index is 1290. The average molecular weight is 435 g/mol. The molecule has 12 heteroatoms. The quantitative estimate of drug-likeness (QED) is 0.388. The van der Waals surface area contributed by atoms with Crippen molar-refractivity contribution in [1.82, 2.24) is 19.9 Å². The summed E-state index contributed by atoms with van der Waals surface area (Å²) in [5, 5.41) is 1.45. The van der Waals surface area contributed by atoms with Gasteiger partial charge in [0.15, 0.2) is 0 Å². The first-order chi connectivity index (χ1) is 14.5. The predicted octanol–water partition coefficient (Wildman–Crippen LogP) is 2.61. The highest BCUT2D eigenvalue weighted by Crippen LogP contribution is 2.36. The zero-order valence-corrected chi connectivity index (χ0v) is 16.8. The number of alkyl halides is 1. The van der Waals surface area contributed by atoms with Crippen LogP contribution >= 0.6 is 0 Å². The van der Waals surface area contributed by atoms with Gasteiger partial charge in [0.05, 0.1) is 25.3 Å². The van der Waals surface area contributed by atoms with Crippen molar-refractivity contribution in [2.45, 2.75) is 4.90 Å². The molecule has 0 atom stereocenters. The summed E-state index contributed by atoms with van der Waals surface area (Å²) in [5.74, 6) is -0.506. The lowest BCUT2D eigenvalue weighted by molar-refractivity contribution is 0.240. The van der Waals surface area contributed by atoms with Crippen molar-refractivity contribution < 1.29 is 27.0 Å². The van der Waals surface area contributed by atoms with Crippen LogP contribution in [0.15, 0.2) is 35.5 Å². The van der Waals surface area contributed by atoms with Crippen molar-refractivity contribution in [2.75, 3.05) is 32.2 Å². The number of anilines is 1. The van der Waals surface area contributed by atoms with Crippen LogP contribution in [-0.4, -0.2) is 55.9 Å². The van der Waals surface area contributed by atoms with E-state index >= 15 is 0 Å². The molecule has 0 bridgehead atoms. The number of ether oxygens (including phenoxy) is 3. The first kappa shape index (κ1) is 19.8. The standard InChI is InChI=1S/C18H18FN5O5S/c1-27-16-15(29-8-6-19)17(28-2)23-18(22-16)24-30(25,26)12-9-21-14-11(12)4-3-10-5-7-20-13(10)14/h3-5,7,9,20-21H,6,8H2,1-2H3,(H,22,23,24). The molecule has 0 amide bonds. The Labute approximate surface area is 170 Å². The lowest BCUT2D eigenvalue weighted by Gasteiger charge is -2.14. The number of methoxy groups -OCH3 is 2. The highest BCUT2D eigenvalue weighted by Gasteiger charge is 2.24. The molecule has 3 N–H and O–H groups in total. The lowest BCUT2D eigenvalue weighted by atomic mass is 10.2. The normalized spacial score (nSPS) is 11.7. The highest BCUT2D eigenvalue weighted by atomic mass is 32.2.